The van der Waals surface area contributed by atoms with Crippen LogP contribution in [0.15, 0.2) is 39.2 Å². The number of nitrogens with zero attached hydrogens (tertiary/aromatic N) is 3. The Morgan fingerprint density at radius 3 is 1.73 bits per heavy atom. The van der Waals surface area contributed by atoms with Gasteiger partial charge in [0.15, 0.2) is 17.1 Å². The summed E-state index contributed by atoms with van der Waals surface area (Å²) in [5.74, 6) is -1.40. The number of primary amides is 1. The summed E-state index contributed by atoms with van der Waals surface area (Å²) < 4.78 is 16.1. The number of amides is 1. The van der Waals surface area contributed by atoms with Crippen molar-refractivity contribution >= 4 is 65.1 Å². The maximum atomic E-state index is 12.2. The zero-order chi connectivity index (χ0) is 24.3. The van der Waals surface area contributed by atoms with Gasteiger partial charge in [0, 0.05) is 6.92 Å². The van der Waals surface area contributed by atoms with E-state index in [9.17, 15) is 30.2 Å². The van der Waals surface area contributed by atoms with Crippen LogP contribution < -0.4 is 15.2 Å². The van der Waals surface area contributed by atoms with Crippen LogP contribution in [0.5, 0.6) is 11.5 Å². The lowest BCUT2D eigenvalue weighted by Crippen LogP contribution is -2.17. The largest absolute Gasteiger partial charge is 0.462 e. The van der Waals surface area contributed by atoms with Crippen molar-refractivity contribution in [2.45, 2.75) is 33.4 Å². The van der Waals surface area contributed by atoms with Crippen LogP contribution in [0.1, 0.15) is 13.8 Å². The van der Waals surface area contributed by atoms with Crippen LogP contribution in [-0.4, -0.2) is 24.6 Å². The highest BCUT2D eigenvalue weighted by atomic mass is 32.2. The molecule has 2 aliphatic heterocycles. The predicted molar refractivity (Wildman–Crippen MR) is 119 cm³/mol. The number of carbonyl (C=O) groups is 3. The van der Waals surface area contributed by atoms with Crippen LogP contribution in [0.25, 0.3) is 0 Å². The summed E-state index contributed by atoms with van der Waals surface area (Å²) in [5, 5.41) is 28.0. The Morgan fingerprint density at radius 1 is 0.848 bits per heavy atom. The van der Waals surface area contributed by atoms with Gasteiger partial charge in [-0.15, -0.1) is 0 Å². The van der Waals surface area contributed by atoms with E-state index in [1.807, 2.05) is 6.07 Å². The first kappa shape index (κ1) is 24.4. The summed E-state index contributed by atoms with van der Waals surface area (Å²) >= 11 is 3.88. The highest BCUT2D eigenvalue weighted by Crippen LogP contribution is 2.68. The summed E-state index contributed by atoms with van der Waals surface area (Å²) in [6.45, 7) is 2.85. The molecule has 10 nitrogen and oxygen atoms in total. The molecular weight excluding hydrogens is 508 g/mol. The third-order valence-corrected chi connectivity index (χ3v) is 8.88. The summed E-state index contributed by atoms with van der Waals surface area (Å²) in [4.78, 5) is 37.0. The van der Waals surface area contributed by atoms with Crippen LogP contribution in [0, 0.1) is 34.0 Å². The molecule has 2 N–H and O–H groups in total. The van der Waals surface area contributed by atoms with Crippen molar-refractivity contribution in [3.8, 4) is 29.7 Å². The number of esters is 2. The molecule has 1 amide bonds. The van der Waals surface area contributed by atoms with Crippen LogP contribution in [-0.2, 0) is 14.3 Å². The normalized spacial score (nSPS) is 14.7. The van der Waals surface area contributed by atoms with Crippen LogP contribution >= 0.6 is 47.0 Å². The number of carbonyl (C=O) groups excluding carboxylic acids is 3. The molecular formula is C19H10N4O6S4. The number of fused-ring (bicyclic) bond motifs is 2. The Hall–Kier alpha value is -3.22. The van der Waals surface area contributed by atoms with Crippen molar-refractivity contribution in [3.05, 3.63) is 19.6 Å². The van der Waals surface area contributed by atoms with Crippen molar-refractivity contribution in [1.82, 2.24) is 0 Å². The highest BCUT2D eigenvalue weighted by molar-refractivity contribution is 8.26. The van der Waals surface area contributed by atoms with Gasteiger partial charge in [0.2, 0.25) is 0 Å². The lowest BCUT2D eigenvalue weighted by atomic mass is 10.3. The third kappa shape index (κ3) is 4.77. The summed E-state index contributed by atoms with van der Waals surface area (Å²) in [6.07, 6.45) is -1.13. The van der Waals surface area contributed by atoms with Gasteiger partial charge < -0.3 is 19.9 Å². The molecule has 14 heteroatoms. The monoisotopic (exact) mass is 518 g/mol. The zero-order valence-electron chi connectivity index (χ0n) is 16.7. The number of hydrogen-bond donors (Lipinski definition) is 1. The average molecular weight is 519 g/mol. The molecule has 2 heterocycles. The highest BCUT2D eigenvalue weighted by Gasteiger charge is 2.40. The number of rotatable bonds is 4. The van der Waals surface area contributed by atoms with E-state index in [1.165, 1.54) is 6.92 Å². The molecule has 166 valence electrons. The first-order valence-electron chi connectivity index (χ1n) is 8.72. The Balaban J connectivity index is 2.28. The molecule has 0 aliphatic carbocycles. The van der Waals surface area contributed by atoms with E-state index in [-0.39, 0.29) is 38.4 Å². The topological polar surface area (TPSA) is 176 Å². The minimum atomic E-state index is -1.13. The van der Waals surface area contributed by atoms with Gasteiger partial charge in [-0.25, -0.2) is 9.59 Å². The van der Waals surface area contributed by atoms with E-state index < -0.39 is 18.0 Å². The van der Waals surface area contributed by atoms with Gasteiger partial charge >= 0.3 is 18.0 Å². The van der Waals surface area contributed by atoms with Gasteiger partial charge in [0.25, 0.3) is 0 Å². The van der Waals surface area contributed by atoms with E-state index in [1.54, 1.807) is 19.1 Å². The van der Waals surface area contributed by atoms with Gasteiger partial charge in [0.05, 0.1) is 34.7 Å². The van der Waals surface area contributed by atoms with Crippen molar-refractivity contribution in [1.29, 1.82) is 15.8 Å². The number of thioether (sulfide) groups is 4. The third-order valence-electron chi connectivity index (χ3n) is 3.69. The van der Waals surface area contributed by atoms with E-state index >= 15 is 0 Å². The smallest absolute Gasteiger partial charge is 0.410 e. The Morgan fingerprint density at radius 2 is 1.33 bits per heavy atom. The quantitative estimate of drug-likeness (QED) is 0.262. The van der Waals surface area contributed by atoms with Crippen molar-refractivity contribution in [2.24, 2.45) is 5.73 Å². The molecule has 0 radical (unpaired) electrons. The Kier molecular flexibility index (Phi) is 7.51. The Bertz CT molecular complexity index is 1220. The fourth-order valence-corrected chi connectivity index (χ4v) is 7.77. The van der Waals surface area contributed by atoms with E-state index in [0.29, 0.717) is 18.9 Å². The fraction of sp³-hybridized carbons (Fsp3) is 0.158. The van der Waals surface area contributed by atoms with Gasteiger partial charge in [-0.3, -0.25) is 4.79 Å². The van der Waals surface area contributed by atoms with Crippen molar-refractivity contribution in [3.63, 3.8) is 0 Å². The molecule has 0 saturated carbocycles. The molecule has 0 saturated heterocycles. The summed E-state index contributed by atoms with van der Waals surface area (Å²) in [7, 11) is 0. The van der Waals surface area contributed by atoms with Gasteiger partial charge in [-0.05, 0) is 6.92 Å². The molecule has 0 bridgehead atoms. The Labute approximate surface area is 204 Å². The fourth-order valence-electron chi connectivity index (χ4n) is 2.53. The molecule has 0 atom stereocenters. The number of nitrogens with two attached hydrogens (primary N) is 1. The molecule has 0 spiro atoms. The second-order valence-electron chi connectivity index (χ2n) is 5.78. The van der Waals surface area contributed by atoms with Crippen molar-refractivity contribution < 1.29 is 28.6 Å². The van der Waals surface area contributed by atoms with E-state index in [0.717, 1.165) is 47.0 Å². The van der Waals surface area contributed by atoms with Gasteiger partial charge in [-0.1, -0.05) is 47.0 Å². The molecule has 1 aromatic carbocycles. The maximum absolute atomic E-state index is 12.2. The first-order chi connectivity index (χ1) is 15.7. The molecule has 0 unspecified atom stereocenters. The number of hydrogen-bond acceptors (Lipinski definition) is 13. The molecule has 2 aliphatic rings. The van der Waals surface area contributed by atoms with Crippen LogP contribution in [0.3, 0.4) is 0 Å². The number of benzene rings is 1. The molecule has 0 aromatic heterocycles. The number of allylic oxidation sites excluding steroid dienone is 1. The predicted octanol–water partition coefficient (Wildman–Crippen LogP) is 4.02. The SMILES string of the molecule is CCOC(=O)/C(C#N)=C1/Sc2c(OC(C)=O)c3c(c(OC(N)=O)c2S1)SC(=C(C#N)C#N)S3. The average Bonchev–Trinajstić information content (AvgIpc) is 3.37. The van der Waals surface area contributed by atoms with Gasteiger partial charge in [0.1, 0.15) is 23.8 Å². The minimum Gasteiger partial charge on any atom is -0.462 e. The van der Waals surface area contributed by atoms with Crippen LogP contribution in [0.2, 0.25) is 0 Å². The summed E-state index contributed by atoms with van der Waals surface area (Å²) in [6, 6.07) is 5.39. The van der Waals surface area contributed by atoms with Gasteiger partial charge in [-0.2, -0.15) is 15.8 Å². The number of nitriles is 3. The second-order valence-corrected chi connectivity index (χ2v) is 10.4. The molecule has 1 aromatic rings. The zero-order valence-corrected chi connectivity index (χ0v) is 20.0. The standard InChI is InChI=1S/C19H10N4O6S4/c1-3-27-16(25)9(6-22)18-32-13-10(28-7(2)24)12-14(11(15(13)33-18)29-19(23)26)31-17(30-12)8(4-20)5-21/h3H2,1-2H3,(H2,23,26)/b18-9-. The van der Waals surface area contributed by atoms with Crippen molar-refractivity contribution in [2.75, 3.05) is 6.61 Å². The lowest BCUT2D eigenvalue weighted by Gasteiger charge is -2.15. The molecule has 0 fully saturated rings. The minimum absolute atomic E-state index is 0.000203. The van der Waals surface area contributed by atoms with Crippen LogP contribution in [0.4, 0.5) is 4.79 Å². The lowest BCUT2D eigenvalue weighted by molar-refractivity contribution is -0.138. The maximum Gasteiger partial charge on any atom is 0.410 e. The summed E-state index contributed by atoms with van der Waals surface area (Å²) in [5.41, 5.74) is 4.82. The number of ether oxygens (including phenoxy) is 3. The van der Waals surface area contributed by atoms with E-state index in [4.69, 9.17) is 19.9 Å². The first-order valence-corrected chi connectivity index (χ1v) is 12.0. The second kappa shape index (κ2) is 10.1. The molecule has 3 rings (SSSR count). The molecule has 33 heavy (non-hydrogen) atoms. The van der Waals surface area contributed by atoms with E-state index in [2.05, 4.69) is 0 Å².